The Balaban J connectivity index is 2.57. The lowest BCUT2D eigenvalue weighted by molar-refractivity contribution is -0.175. The van der Waals surface area contributed by atoms with Gasteiger partial charge in [0.05, 0.1) is 0 Å². The van der Waals surface area contributed by atoms with Crippen molar-refractivity contribution in [3.8, 4) is 0 Å². The van der Waals surface area contributed by atoms with Gasteiger partial charge in [0, 0.05) is 0 Å². The quantitative estimate of drug-likeness (QED) is 0.577. The van der Waals surface area contributed by atoms with Crippen molar-refractivity contribution in [3.63, 3.8) is 0 Å². The molecule has 0 N–H and O–H groups in total. The zero-order valence-electron chi connectivity index (χ0n) is 6.49. The molecule has 0 aromatic heterocycles. The summed E-state index contributed by atoms with van der Waals surface area (Å²) in [7, 11) is 0. The summed E-state index contributed by atoms with van der Waals surface area (Å²) in [5.74, 6) is 0. The van der Waals surface area contributed by atoms with E-state index < -0.39 is 12.2 Å². The van der Waals surface area contributed by atoms with E-state index in [9.17, 15) is 13.2 Å². The molecule has 0 aromatic carbocycles. The first kappa shape index (κ1) is 8.84. The third-order valence-electron chi connectivity index (χ3n) is 2.15. The molecule has 0 spiro atoms. The van der Waals surface area contributed by atoms with Gasteiger partial charge in [0.2, 0.25) is 0 Å². The molecule has 0 aliphatic carbocycles. The number of hydrogen-bond donors (Lipinski definition) is 0. The molecule has 1 atom stereocenters. The van der Waals surface area contributed by atoms with Gasteiger partial charge in [0.1, 0.15) is 6.04 Å². The monoisotopic (exact) mass is 167 g/mol. The van der Waals surface area contributed by atoms with E-state index in [0.29, 0.717) is 19.5 Å². The van der Waals surface area contributed by atoms with E-state index in [2.05, 4.69) is 0 Å². The van der Waals surface area contributed by atoms with Crippen molar-refractivity contribution >= 4 is 0 Å². The van der Waals surface area contributed by atoms with Crippen LogP contribution >= 0.6 is 0 Å². The topological polar surface area (TPSA) is 3.24 Å². The molecule has 1 aliphatic heterocycles. The summed E-state index contributed by atoms with van der Waals surface area (Å²) in [4.78, 5) is 1.49. The second kappa shape index (κ2) is 3.01. The summed E-state index contributed by atoms with van der Waals surface area (Å²) >= 11 is 0. The van der Waals surface area contributed by atoms with Crippen LogP contribution in [0.15, 0.2) is 0 Å². The smallest absolute Gasteiger partial charge is 0.293 e. The van der Waals surface area contributed by atoms with Crippen LogP contribution in [-0.2, 0) is 0 Å². The number of likely N-dealkylation sites (tertiary alicyclic amines) is 1. The Hall–Kier alpha value is -0.250. The molecule has 11 heavy (non-hydrogen) atoms. The Labute approximate surface area is 64.2 Å². The van der Waals surface area contributed by atoms with Gasteiger partial charge in [0.15, 0.2) is 0 Å². The third kappa shape index (κ3) is 1.86. The molecular weight excluding hydrogens is 155 g/mol. The van der Waals surface area contributed by atoms with E-state index in [4.69, 9.17) is 0 Å². The minimum absolute atomic E-state index is 0.275. The second-order valence-corrected chi connectivity index (χ2v) is 2.83. The molecule has 0 bridgehead atoms. The van der Waals surface area contributed by atoms with E-state index in [0.717, 1.165) is 0 Å². The lowest BCUT2D eigenvalue weighted by Crippen LogP contribution is -2.40. The van der Waals surface area contributed by atoms with E-state index in [-0.39, 0.29) is 6.42 Å². The normalized spacial score (nSPS) is 27.8. The molecule has 1 saturated heterocycles. The van der Waals surface area contributed by atoms with Gasteiger partial charge >= 0.3 is 6.18 Å². The van der Waals surface area contributed by atoms with Crippen LogP contribution in [0.25, 0.3) is 0 Å². The first-order valence-electron chi connectivity index (χ1n) is 3.86. The van der Waals surface area contributed by atoms with Crippen LogP contribution in [0.4, 0.5) is 13.2 Å². The lowest BCUT2D eigenvalue weighted by Gasteiger charge is -2.24. The average Bonchev–Trinajstić information content (AvgIpc) is 2.31. The average molecular weight is 167 g/mol. The number of halogens is 3. The van der Waals surface area contributed by atoms with E-state index in [1.54, 1.807) is 6.92 Å². The molecule has 0 aromatic rings. The van der Waals surface area contributed by atoms with Crippen LogP contribution in [0.3, 0.4) is 0 Å². The summed E-state index contributed by atoms with van der Waals surface area (Å²) in [6, 6.07) is -1.17. The fraction of sp³-hybridized carbons (Fsp3) is 1.00. The van der Waals surface area contributed by atoms with Gasteiger partial charge in [-0.25, -0.2) is 0 Å². The van der Waals surface area contributed by atoms with Crippen LogP contribution in [0.2, 0.25) is 0 Å². The largest absolute Gasteiger partial charge is 0.404 e. The highest BCUT2D eigenvalue weighted by Gasteiger charge is 2.44. The summed E-state index contributed by atoms with van der Waals surface area (Å²) in [6.07, 6.45) is -3.07. The maximum atomic E-state index is 12.2. The maximum Gasteiger partial charge on any atom is 0.404 e. The minimum atomic E-state index is -4.02. The van der Waals surface area contributed by atoms with E-state index in [1.165, 1.54) is 4.90 Å². The summed E-state index contributed by atoms with van der Waals surface area (Å²) in [5, 5.41) is 0. The standard InChI is InChI=1S/C7H12F3N/c1-2-11-5-3-4-6(11)7(8,9)10/h6H,2-5H2,1H3. The van der Waals surface area contributed by atoms with Gasteiger partial charge in [-0.05, 0) is 25.9 Å². The first-order valence-corrected chi connectivity index (χ1v) is 3.86. The predicted molar refractivity (Wildman–Crippen MR) is 36.3 cm³/mol. The van der Waals surface area contributed by atoms with Gasteiger partial charge < -0.3 is 0 Å². The van der Waals surface area contributed by atoms with Gasteiger partial charge in [-0.2, -0.15) is 13.2 Å². The van der Waals surface area contributed by atoms with Crippen molar-refractivity contribution in [2.45, 2.75) is 32.0 Å². The second-order valence-electron chi connectivity index (χ2n) is 2.83. The van der Waals surface area contributed by atoms with Crippen LogP contribution in [0, 0.1) is 0 Å². The Morgan fingerprint density at radius 2 is 2.09 bits per heavy atom. The minimum Gasteiger partial charge on any atom is -0.293 e. The van der Waals surface area contributed by atoms with Crippen LogP contribution in [0.5, 0.6) is 0 Å². The summed E-state index contributed by atoms with van der Waals surface area (Å²) in [6.45, 7) is 2.87. The fourth-order valence-corrected chi connectivity index (χ4v) is 1.58. The molecule has 66 valence electrons. The van der Waals surface area contributed by atoms with Crippen molar-refractivity contribution in [1.82, 2.24) is 4.90 Å². The number of rotatable bonds is 1. The molecule has 1 rings (SSSR count). The molecule has 1 nitrogen and oxygen atoms in total. The zero-order valence-corrected chi connectivity index (χ0v) is 6.49. The maximum absolute atomic E-state index is 12.2. The molecule has 4 heteroatoms. The van der Waals surface area contributed by atoms with Crippen molar-refractivity contribution in [2.75, 3.05) is 13.1 Å². The Morgan fingerprint density at radius 1 is 1.45 bits per heavy atom. The fourth-order valence-electron chi connectivity index (χ4n) is 1.58. The number of alkyl halides is 3. The Morgan fingerprint density at radius 3 is 2.45 bits per heavy atom. The molecule has 1 heterocycles. The zero-order chi connectivity index (χ0) is 8.48. The third-order valence-corrected chi connectivity index (χ3v) is 2.15. The van der Waals surface area contributed by atoms with Crippen molar-refractivity contribution < 1.29 is 13.2 Å². The molecule has 0 radical (unpaired) electrons. The van der Waals surface area contributed by atoms with Gasteiger partial charge in [-0.15, -0.1) is 0 Å². The Kier molecular flexibility index (Phi) is 2.42. The van der Waals surface area contributed by atoms with Crippen LogP contribution < -0.4 is 0 Å². The van der Waals surface area contributed by atoms with Crippen molar-refractivity contribution in [1.29, 1.82) is 0 Å². The highest BCUT2D eigenvalue weighted by atomic mass is 19.4. The van der Waals surface area contributed by atoms with Crippen LogP contribution in [-0.4, -0.2) is 30.2 Å². The first-order chi connectivity index (χ1) is 5.05. The molecule has 1 unspecified atom stereocenters. The molecular formula is C7H12F3N. The molecule has 0 amide bonds. The molecule has 0 saturated carbocycles. The highest BCUT2D eigenvalue weighted by Crippen LogP contribution is 2.31. The Bertz CT molecular complexity index is 132. The van der Waals surface area contributed by atoms with Crippen LogP contribution in [0.1, 0.15) is 19.8 Å². The number of nitrogens with zero attached hydrogens (tertiary/aromatic N) is 1. The highest BCUT2D eigenvalue weighted by molar-refractivity contribution is 4.83. The van der Waals surface area contributed by atoms with E-state index >= 15 is 0 Å². The van der Waals surface area contributed by atoms with Gasteiger partial charge in [-0.3, -0.25) is 4.90 Å². The lowest BCUT2D eigenvalue weighted by atomic mass is 10.2. The van der Waals surface area contributed by atoms with E-state index in [1.807, 2.05) is 0 Å². The summed E-state index contributed by atoms with van der Waals surface area (Å²) in [5.41, 5.74) is 0. The molecule has 1 fully saturated rings. The van der Waals surface area contributed by atoms with Crippen molar-refractivity contribution in [3.05, 3.63) is 0 Å². The van der Waals surface area contributed by atoms with Gasteiger partial charge in [-0.1, -0.05) is 6.92 Å². The molecule has 1 aliphatic rings. The van der Waals surface area contributed by atoms with Crippen molar-refractivity contribution in [2.24, 2.45) is 0 Å². The predicted octanol–water partition coefficient (Wildman–Crippen LogP) is 2.03. The number of hydrogen-bond acceptors (Lipinski definition) is 1. The van der Waals surface area contributed by atoms with Gasteiger partial charge in [0.25, 0.3) is 0 Å². The summed E-state index contributed by atoms with van der Waals surface area (Å²) < 4.78 is 36.5. The SMILES string of the molecule is CCN1CCCC1C(F)(F)F.